The summed E-state index contributed by atoms with van der Waals surface area (Å²) in [5.74, 6) is -1.32. The fraction of sp³-hybridized carbons (Fsp3) is 0.188. The van der Waals surface area contributed by atoms with Gasteiger partial charge in [0.2, 0.25) is 0 Å². The molecule has 1 aromatic carbocycles. The Morgan fingerprint density at radius 2 is 1.85 bits per heavy atom. The predicted octanol–water partition coefficient (Wildman–Crippen LogP) is 3.06. The van der Waals surface area contributed by atoms with Gasteiger partial charge in [0.05, 0.1) is 4.90 Å². The standard InChI is InChI=1S/C16H13F3N4O2S/c1-10-4-3-5-11(8-10)14-21-15(16(17,18)19)22-23(14)13-7-6-12(9-20-13)26(2,24)25/h3-9H,1-2H3. The summed E-state index contributed by atoms with van der Waals surface area (Å²) in [6.07, 6.45) is -2.64. The van der Waals surface area contributed by atoms with Crippen molar-refractivity contribution in [3.63, 3.8) is 0 Å². The van der Waals surface area contributed by atoms with Gasteiger partial charge in [-0.1, -0.05) is 23.8 Å². The number of benzene rings is 1. The van der Waals surface area contributed by atoms with Crippen molar-refractivity contribution >= 4 is 9.84 Å². The number of halogens is 3. The van der Waals surface area contributed by atoms with Crippen molar-refractivity contribution in [2.75, 3.05) is 6.26 Å². The molecule has 0 aliphatic heterocycles. The molecule has 26 heavy (non-hydrogen) atoms. The van der Waals surface area contributed by atoms with Crippen LogP contribution in [-0.2, 0) is 16.0 Å². The van der Waals surface area contributed by atoms with Crippen molar-refractivity contribution in [1.29, 1.82) is 0 Å². The minimum Gasteiger partial charge on any atom is -0.236 e. The molecule has 136 valence electrons. The summed E-state index contributed by atoms with van der Waals surface area (Å²) in [6.45, 7) is 1.80. The van der Waals surface area contributed by atoms with E-state index < -0.39 is 21.8 Å². The van der Waals surface area contributed by atoms with Crippen LogP contribution in [0.15, 0.2) is 47.5 Å². The largest absolute Gasteiger partial charge is 0.453 e. The first-order valence-corrected chi connectivity index (χ1v) is 9.22. The molecular weight excluding hydrogens is 369 g/mol. The number of nitrogens with zero attached hydrogens (tertiary/aromatic N) is 4. The maximum Gasteiger partial charge on any atom is 0.453 e. The van der Waals surface area contributed by atoms with Crippen LogP contribution < -0.4 is 0 Å². The van der Waals surface area contributed by atoms with Crippen LogP contribution in [0.1, 0.15) is 11.4 Å². The lowest BCUT2D eigenvalue weighted by Gasteiger charge is -2.06. The zero-order valence-corrected chi connectivity index (χ0v) is 14.5. The lowest BCUT2D eigenvalue weighted by Crippen LogP contribution is -2.09. The number of hydrogen-bond acceptors (Lipinski definition) is 5. The third-order valence-electron chi connectivity index (χ3n) is 3.50. The highest BCUT2D eigenvalue weighted by Crippen LogP contribution is 2.30. The fourth-order valence-corrected chi connectivity index (χ4v) is 2.84. The Hall–Kier alpha value is -2.75. The molecule has 0 bridgehead atoms. The van der Waals surface area contributed by atoms with Crippen LogP contribution in [0.3, 0.4) is 0 Å². The maximum atomic E-state index is 13.1. The number of alkyl halides is 3. The summed E-state index contributed by atoms with van der Waals surface area (Å²) in [7, 11) is -3.48. The molecule has 0 aliphatic rings. The second kappa shape index (κ2) is 6.20. The number of aryl methyl sites for hydroxylation is 1. The molecule has 3 rings (SSSR count). The number of hydrogen-bond donors (Lipinski definition) is 0. The van der Waals surface area contributed by atoms with E-state index in [2.05, 4.69) is 15.1 Å². The molecule has 6 nitrogen and oxygen atoms in total. The molecule has 0 saturated heterocycles. The van der Waals surface area contributed by atoms with Crippen LogP contribution >= 0.6 is 0 Å². The van der Waals surface area contributed by atoms with Crippen molar-refractivity contribution in [3.05, 3.63) is 54.0 Å². The van der Waals surface area contributed by atoms with E-state index >= 15 is 0 Å². The molecule has 0 N–H and O–H groups in total. The van der Waals surface area contributed by atoms with Crippen molar-refractivity contribution in [1.82, 2.24) is 19.7 Å². The average Bonchev–Trinajstić information content (AvgIpc) is 3.00. The SMILES string of the molecule is Cc1cccc(-c2nc(C(F)(F)F)nn2-c2ccc(S(C)(=O)=O)cn2)c1. The van der Waals surface area contributed by atoms with Crippen molar-refractivity contribution in [3.8, 4) is 17.2 Å². The quantitative estimate of drug-likeness (QED) is 0.696. The van der Waals surface area contributed by atoms with Crippen LogP contribution in [0.5, 0.6) is 0 Å². The Kier molecular flexibility index (Phi) is 4.31. The van der Waals surface area contributed by atoms with Crippen LogP contribution in [0.25, 0.3) is 17.2 Å². The molecule has 0 fully saturated rings. The first-order chi connectivity index (χ1) is 12.1. The molecule has 2 heterocycles. The van der Waals surface area contributed by atoms with Crippen molar-refractivity contribution in [2.45, 2.75) is 18.0 Å². The Morgan fingerprint density at radius 3 is 2.38 bits per heavy atom. The van der Waals surface area contributed by atoms with Gasteiger partial charge in [-0.15, -0.1) is 5.10 Å². The summed E-state index contributed by atoms with van der Waals surface area (Å²) < 4.78 is 63.2. The zero-order chi connectivity index (χ0) is 19.1. The lowest BCUT2D eigenvalue weighted by molar-refractivity contribution is -0.144. The van der Waals surface area contributed by atoms with E-state index in [0.29, 0.717) is 5.56 Å². The minimum absolute atomic E-state index is 0.0249. The second-order valence-electron chi connectivity index (χ2n) is 5.66. The molecule has 3 aromatic rings. The highest BCUT2D eigenvalue weighted by atomic mass is 32.2. The number of sulfone groups is 1. The fourth-order valence-electron chi connectivity index (χ4n) is 2.28. The van der Waals surface area contributed by atoms with E-state index in [4.69, 9.17) is 0 Å². The van der Waals surface area contributed by atoms with Gasteiger partial charge < -0.3 is 0 Å². The third kappa shape index (κ3) is 3.59. The van der Waals surface area contributed by atoms with Gasteiger partial charge in [0.25, 0.3) is 5.82 Å². The molecule has 0 aliphatic carbocycles. The summed E-state index contributed by atoms with van der Waals surface area (Å²) in [4.78, 5) is 7.50. The Bertz CT molecular complexity index is 1060. The van der Waals surface area contributed by atoms with Crippen LogP contribution in [-0.4, -0.2) is 34.4 Å². The summed E-state index contributed by atoms with van der Waals surface area (Å²) in [6, 6.07) is 9.31. The van der Waals surface area contributed by atoms with Crippen molar-refractivity contribution < 1.29 is 21.6 Å². The minimum atomic E-state index is -4.73. The smallest absolute Gasteiger partial charge is 0.236 e. The van der Waals surface area contributed by atoms with Gasteiger partial charge in [0.1, 0.15) is 0 Å². The highest BCUT2D eigenvalue weighted by Gasteiger charge is 2.37. The van der Waals surface area contributed by atoms with Gasteiger partial charge in [0.15, 0.2) is 21.5 Å². The summed E-state index contributed by atoms with van der Waals surface area (Å²) in [5, 5.41) is 3.52. The van der Waals surface area contributed by atoms with Crippen LogP contribution in [0.2, 0.25) is 0 Å². The molecule has 0 unspecified atom stereocenters. The van der Waals surface area contributed by atoms with E-state index in [-0.39, 0.29) is 16.5 Å². The molecule has 0 atom stereocenters. The Labute approximate surface area is 147 Å². The van der Waals surface area contributed by atoms with Crippen LogP contribution in [0.4, 0.5) is 13.2 Å². The van der Waals surface area contributed by atoms with E-state index in [1.165, 1.54) is 12.1 Å². The Balaban J connectivity index is 2.18. The third-order valence-corrected chi connectivity index (χ3v) is 4.60. The number of pyridine rings is 1. The monoisotopic (exact) mass is 382 g/mol. The van der Waals surface area contributed by atoms with Crippen molar-refractivity contribution in [2.24, 2.45) is 0 Å². The van der Waals surface area contributed by atoms with Crippen LogP contribution in [0, 0.1) is 6.92 Å². The summed E-state index contributed by atoms with van der Waals surface area (Å²) in [5.41, 5.74) is 1.27. The highest BCUT2D eigenvalue weighted by molar-refractivity contribution is 7.90. The van der Waals surface area contributed by atoms with E-state index in [9.17, 15) is 21.6 Å². The first kappa shape index (κ1) is 18.1. The lowest BCUT2D eigenvalue weighted by atomic mass is 10.1. The molecule has 2 aromatic heterocycles. The number of aromatic nitrogens is 4. The second-order valence-corrected chi connectivity index (χ2v) is 7.68. The molecule has 10 heteroatoms. The average molecular weight is 382 g/mol. The van der Waals surface area contributed by atoms with E-state index in [1.54, 1.807) is 31.2 Å². The number of rotatable bonds is 3. The zero-order valence-electron chi connectivity index (χ0n) is 13.7. The van der Waals surface area contributed by atoms with Gasteiger partial charge in [-0.25, -0.2) is 18.4 Å². The first-order valence-electron chi connectivity index (χ1n) is 7.33. The summed E-state index contributed by atoms with van der Waals surface area (Å²) >= 11 is 0. The molecule has 0 amide bonds. The molecular formula is C16H13F3N4O2S. The molecule has 0 spiro atoms. The van der Waals surface area contributed by atoms with Gasteiger partial charge in [-0.3, -0.25) is 0 Å². The van der Waals surface area contributed by atoms with E-state index in [0.717, 1.165) is 22.7 Å². The molecule has 0 saturated carbocycles. The van der Waals surface area contributed by atoms with Gasteiger partial charge in [-0.05, 0) is 25.1 Å². The normalized spacial score (nSPS) is 12.3. The van der Waals surface area contributed by atoms with Gasteiger partial charge in [-0.2, -0.15) is 17.9 Å². The molecule has 0 radical (unpaired) electrons. The van der Waals surface area contributed by atoms with E-state index in [1.807, 2.05) is 0 Å². The van der Waals surface area contributed by atoms with Gasteiger partial charge >= 0.3 is 6.18 Å². The maximum absolute atomic E-state index is 13.1. The Morgan fingerprint density at radius 1 is 1.12 bits per heavy atom. The topological polar surface area (TPSA) is 77.7 Å². The predicted molar refractivity (Wildman–Crippen MR) is 87.4 cm³/mol. The van der Waals surface area contributed by atoms with Gasteiger partial charge in [0, 0.05) is 18.0 Å².